The number of phosphoric ester groups is 1. The van der Waals surface area contributed by atoms with Gasteiger partial charge >= 0.3 is 0 Å². The van der Waals surface area contributed by atoms with Gasteiger partial charge in [0.05, 0.1) is 20.8 Å². The fourth-order valence-electron chi connectivity index (χ4n) is 2.41. The van der Waals surface area contributed by atoms with Crippen molar-refractivity contribution in [2.75, 3.05) is 12.3 Å². The van der Waals surface area contributed by atoms with Crippen molar-refractivity contribution >= 4 is 24.8 Å². The quantitative estimate of drug-likeness (QED) is 0.460. The van der Waals surface area contributed by atoms with Gasteiger partial charge in [-0.3, -0.25) is 4.57 Å². The number of nitrogens with two attached hydrogens (primary N) is 1. The van der Waals surface area contributed by atoms with Gasteiger partial charge in [-0.05, 0) is 0 Å². The van der Waals surface area contributed by atoms with Crippen LogP contribution in [-0.2, 0) is 13.8 Å². The first-order chi connectivity index (χ1) is 10.8. The molecule has 0 amide bonds. The first-order valence-electron chi connectivity index (χ1n) is 6.54. The number of ether oxygens (including phenoxy) is 1. The minimum Gasteiger partial charge on any atom is -0.790 e. The molecule has 1 fully saturated rings. The summed E-state index contributed by atoms with van der Waals surface area (Å²) in [6.07, 6.45) is -0.295. The van der Waals surface area contributed by atoms with Crippen molar-refractivity contribution in [3.05, 3.63) is 12.7 Å². The van der Waals surface area contributed by atoms with Crippen LogP contribution in [0.2, 0.25) is 0 Å². The summed E-state index contributed by atoms with van der Waals surface area (Å²) in [4.78, 5) is 33.0. The highest BCUT2D eigenvalue weighted by Crippen LogP contribution is 2.33. The molecule has 0 aromatic carbocycles. The summed E-state index contributed by atoms with van der Waals surface area (Å²) >= 11 is 0. The third-order valence-electron chi connectivity index (χ3n) is 3.58. The highest BCUT2D eigenvalue weighted by Gasteiger charge is 2.46. The fourth-order valence-corrected chi connectivity index (χ4v) is 2.74. The van der Waals surface area contributed by atoms with E-state index in [-0.39, 0.29) is 5.82 Å². The third kappa shape index (κ3) is 3.05. The molecule has 3 heterocycles. The minimum absolute atomic E-state index is 0.172. The molecule has 4 atom stereocenters. The number of rotatable bonds is 4. The van der Waals surface area contributed by atoms with Gasteiger partial charge in [0.1, 0.15) is 24.0 Å². The number of nitrogens with zero attached hydrogens (tertiary/aromatic N) is 4. The van der Waals surface area contributed by atoms with E-state index < -0.39 is 38.9 Å². The monoisotopic (exact) mass is 345 g/mol. The van der Waals surface area contributed by atoms with Gasteiger partial charge in [-0.25, -0.2) is 15.0 Å². The SMILES string of the molecule is Nc1ncnc2c1ncn2[C@@H]1O[C@H](COP(=O)([O-])[O-])[C@@H]([NH3+])[C@H]1O. The van der Waals surface area contributed by atoms with Crippen LogP contribution < -0.4 is 21.3 Å². The number of aliphatic hydroxyl groups is 1. The Hall–Kier alpha value is -1.66. The van der Waals surface area contributed by atoms with Gasteiger partial charge in [-0.15, -0.1) is 0 Å². The molecule has 0 unspecified atom stereocenters. The highest BCUT2D eigenvalue weighted by atomic mass is 31.2. The molecule has 1 saturated heterocycles. The number of fused-ring (bicyclic) bond motifs is 1. The van der Waals surface area contributed by atoms with Crippen LogP contribution >= 0.6 is 7.82 Å². The number of aliphatic hydroxyl groups excluding tert-OH is 1. The molecule has 0 aliphatic carbocycles. The van der Waals surface area contributed by atoms with Crippen LogP contribution in [0.15, 0.2) is 12.7 Å². The number of imidazole rings is 1. The Morgan fingerprint density at radius 2 is 2.22 bits per heavy atom. The summed E-state index contributed by atoms with van der Waals surface area (Å²) in [5, 5.41) is 10.3. The molecule has 12 nitrogen and oxygen atoms in total. The van der Waals surface area contributed by atoms with Gasteiger partial charge < -0.3 is 40.2 Å². The number of aromatic nitrogens is 4. The van der Waals surface area contributed by atoms with Crippen LogP contribution in [0.4, 0.5) is 5.82 Å². The largest absolute Gasteiger partial charge is 0.790 e. The number of hydrogen-bond donors (Lipinski definition) is 3. The molecule has 6 N–H and O–H groups in total. The summed E-state index contributed by atoms with van der Waals surface area (Å²) in [6.45, 7) is -0.532. The van der Waals surface area contributed by atoms with Gasteiger partial charge in [0.15, 0.2) is 23.8 Å². The van der Waals surface area contributed by atoms with E-state index in [1.807, 2.05) is 0 Å². The standard InChI is InChI=1S/C10H15N6O6P/c11-5-4(1-21-23(18,19)20)22-10(7(5)17)16-3-15-6-8(12)13-2-14-9(6)16/h2-5,7,10,17H,1,11H2,(H2,12,13,14)(H2,18,19,20)/p-1/t4-,5-,7-,10-/m1/s1. The van der Waals surface area contributed by atoms with E-state index in [1.165, 1.54) is 17.2 Å². The summed E-state index contributed by atoms with van der Waals surface area (Å²) in [5.74, 6) is 0.172. The maximum atomic E-state index is 10.6. The predicted octanol–water partition coefficient (Wildman–Crippen LogP) is -3.88. The lowest BCUT2D eigenvalue weighted by Crippen LogP contribution is -2.69. The average molecular weight is 345 g/mol. The second-order valence-corrected chi connectivity index (χ2v) is 6.20. The second kappa shape index (κ2) is 5.76. The van der Waals surface area contributed by atoms with Crippen LogP contribution in [0.1, 0.15) is 6.23 Å². The molecule has 0 spiro atoms. The predicted molar refractivity (Wildman–Crippen MR) is 69.9 cm³/mol. The van der Waals surface area contributed by atoms with Crippen molar-refractivity contribution in [2.45, 2.75) is 24.5 Å². The maximum Gasteiger partial charge on any atom is 0.169 e. The molecule has 1 aliphatic heterocycles. The van der Waals surface area contributed by atoms with Crippen molar-refractivity contribution < 1.29 is 34.5 Å². The van der Waals surface area contributed by atoms with Crippen LogP contribution in [0.25, 0.3) is 11.2 Å². The van der Waals surface area contributed by atoms with E-state index >= 15 is 0 Å². The zero-order valence-electron chi connectivity index (χ0n) is 11.7. The topological polar surface area (TPSA) is 199 Å². The Balaban J connectivity index is 1.85. The number of nitrogen functional groups attached to an aromatic ring is 1. The smallest absolute Gasteiger partial charge is 0.169 e. The molecule has 0 saturated carbocycles. The number of anilines is 1. The second-order valence-electron chi connectivity index (χ2n) is 5.05. The van der Waals surface area contributed by atoms with Crippen LogP contribution in [0.5, 0.6) is 0 Å². The van der Waals surface area contributed by atoms with Crippen molar-refractivity contribution in [2.24, 2.45) is 0 Å². The van der Waals surface area contributed by atoms with E-state index in [4.69, 9.17) is 10.5 Å². The molecule has 23 heavy (non-hydrogen) atoms. The van der Waals surface area contributed by atoms with Gasteiger partial charge in [0.25, 0.3) is 0 Å². The third-order valence-corrected chi connectivity index (χ3v) is 4.05. The Bertz CT molecular complexity index is 763. The van der Waals surface area contributed by atoms with Crippen molar-refractivity contribution in [3.63, 3.8) is 0 Å². The Morgan fingerprint density at radius 1 is 1.48 bits per heavy atom. The summed E-state index contributed by atoms with van der Waals surface area (Å²) in [5.41, 5.74) is 10.1. The Labute approximate surface area is 129 Å². The molecule has 3 rings (SSSR count). The number of phosphoric acid groups is 1. The van der Waals surface area contributed by atoms with Gasteiger partial charge in [-0.1, -0.05) is 0 Å². The Kier molecular flexibility index (Phi) is 4.06. The van der Waals surface area contributed by atoms with Crippen LogP contribution in [0, 0.1) is 0 Å². The average Bonchev–Trinajstić information content (AvgIpc) is 3.01. The lowest BCUT2D eigenvalue weighted by atomic mass is 10.1. The Morgan fingerprint density at radius 3 is 2.91 bits per heavy atom. The maximum absolute atomic E-state index is 10.6. The minimum atomic E-state index is -5.14. The zero-order valence-corrected chi connectivity index (χ0v) is 12.6. The molecule has 2 aromatic heterocycles. The molecular formula is C10H14N6O6P-. The lowest BCUT2D eigenvalue weighted by Gasteiger charge is -2.29. The summed E-state index contributed by atoms with van der Waals surface area (Å²) in [6, 6.07) is -0.719. The van der Waals surface area contributed by atoms with Crippen LogP contribution in [-0.4, -0.2) is 49.5 Å². The molecule has 13 heteroatoms. The first-order valence-corrected chi connectivity index (χ1v) is 8.00. The van der Waals surface area contributed by atoms with E-state index in [0.717, 1.165) is 0 Å². The highest BCUT2D eigenvalue weighted by molar-refractivity contribution is 7.43. The van der Waals surface area contributed by atoms with Gasteiger partial charge in [0, 0.05) is 0 Å². The van der Waals surface area contributed by atoms with Gasteiger partial charge in [0.2, 0.25) is 0 Å². The van der Waals surface area contributed by atoms with Crippen molar-refractivity contribution in [1.82, 2.24) is 19.5 Å². The molecule has 1 aliphatic rings. The molecular weight excluding hydrogens is 331 g/mol. The molecule has 2 aromatic rings. The van der Waals surface area contributed by atoms with Gasteiger partial charge in [-0.2, -0.15) is 0 Å². The van der Waals surface area contributed by atoms with E-state index in [1.54, 1.807) is 0 Å². The fraction of sp³-hybridized carbons (Fsp3) is 0.500. The van der Waals surface area contributed by atoms with Crippen molar-refractivity contribution in [1.29, 1.82) is 0 Å². The normalized spacial score (nSPS) is 28.5. The summed E-state index contributed by atoms with van der Waals surface area (Å²) < 4.78 is 21.8. The number of hydrogen-bond acceptors (Lipinski definition) is 10. The summed E-state index contributed by atoms with van der Waals surface area (Å²) in [7, 11) is -5.14. The van der Waals surface area contributed by atoms with Crippen LogP contribution in [0.3, 0.4) is 0 Å². The molecule has 0 radical (unpaired) electrons. The first kappa shape index (κ1) is 16.2. The number of quaternary nitrogens is 1. The molecule has 0 bridgehead atoms. The molecule has 126 valence electrons. The van der Waals surface area contributed by atoms with E-state index in [2.05, 4.69) is 25.2 Å². The zero-order chi connectivity index (χ0) is 16.8. The lowest BCUT2D eigenvalue weighted by molar-refractivity contribution is -0.441. The van der Waals surface area contributed by atoms with E-state index in [0.29, 0.717) is 11.2 Å². The van der Waals surface area contributed by atoms with E-state index in [9.17, 15) is 19.5 Å². The van der Waals surface area contributed by atoms with Crippen molar-refractivity contribution in [3.8, 4) is 0 Å².